The van der Waals surface area contributed by atoms with Crippen molar-refractivity contribution in [1.29, 1.82) is 0 Å². The number of carbonyl (C=O) groups is 1. The van der Waals surface area contributed by atoms with Gasteiger partial charge in [-0.1, -0.05) is 0 Å². The molecule has 0 spiro atoms. The molecule has 128 valence electrons. The molecule has 0 bridgehead atoms. The highest BCUT2D eigenvalue weighted by molar-refractivity contribution is 7.13. The van der Waals surface area contributed by atoms with Crippen LogP contribution in [0.15, 0.2) is 11.4 Å². The number of anilines is 2. The third-order valence-corrected chi connectivity index (χ3v) is 4.45. The van der Waals surface area contributed by atoms with Gasteiger partial charge in [0.05, 0.1) is 18.2 Å². The van der Waals surface area contributed by atoms with Crippen LogP contribution in [-0.4, -0.2) is 40.1 Å². The maximum Gasteiger partial charge on any atom is 0.229 e. The summed E-state index contributed by atoms with van der Waals surface area (Å²) in [6.45, 7) is 5.21. The van der Waals surface area contributed by atoms with E-state index < -0.39 is 0 Å². The van der Waals surface area contributed by atoms with Gasteiger partial charge in [0.2, 0.25) is 11.9 Å². The smallest absolute Gasteiger partial charge is 0.229 e. The lowest BCUT2D eigenvalue weighted by Crippen LogP contribution is -2.32. The van der Waals surface area contributed by atoms with Gasteiger partial charge in [-0.15, -0.1) is 11.3 Å². The summed E-state index contributed by atoms with van der Waals surface area (Å²) in [6.07, 6.45) is 2.50. The largest absolute Gasteiger partial charge is 0.376 e. The molecule has 1 amide bonds. The van der Waals surface area contributed by atoms with Crippen molar-refractivity contribution < 1.29 is 9.53 Å². The molecule has 3 heterocycles. The summed E-state index contributed by atoms with van der Waals surface area (Å²) in [7, 11) is 0. The molecule has 1 fully saturated rings. The van der Waals surface area contributed by atoms with Gasteiger partial charge in [-0.05, 0) is 32.8 Å². The molecule has 7 nitrogen and oxygen atoms in total. The lowest BCUT2D eigenvalue weighted by Gasteiger charge is -2.09. The van der Waals surface area contributed by atoms with Crippen LogP contribution in [0.3, 0.4) is 0 Å². The molecular formula is C16H21N5O2S. The molecule has 2 aromatic rings. The fraction of sp³-hybridized carbons (Fsp3) is 0.500. The number of ether oxygens (including phenoxy) is 1. The highest BCUT2D eigenvalue weighted by Gasteiger charge is 2.16. The van der Waals surface area contributed by atoms with Crippen molar-refractivity contribution in [3.05, 3.63) is 28.5 Å². The molecule has 0 aliphatic carbocycles. The number of amides is 1. The first-order valence-corrected chi connectivity index (χ1v) is 8.88. The fourth-order valence-electron chi connectivity index (χ4n) is 2.58. The molecule has 24 heavy (non-hydrogen) atoms. The van der Waals surface area contributed by atoms with Gasteiger partial charge in [0, 0.05) is 29.9 Å². The van der Waals surface area contributed by atoms with E-state index in [0.717, 1.165) is 36.5 Å². The molecule has 1 aliphatic rings. The Morgan fingerprint density at radius 2 is 2.12 bits per heavy atom. The first-order valence-electron chi connectivity index (χ1n) is 8.00. The van der Waals surface area contributed by atoms with E-state index in [1.807, 2.05) is 25.3 Å². The molecule has 0 saturated carbocycles. The molecule has 1 atom stereocenters. The van der Waals surface area contributed by atoms with E-state index in [0.29, 0.717) is 17.6 Å². The van der Waals surface area contributed by atoms with Crippen LogP contribution in [0.5, 0.6) is 0 Å². The Morgan fingerprint density at radius 1 is 1.33 bits per heavy atom. The first-order chi connectivity index (χ1) is 11.6. The number of aryl methyl sites for hydroxylation is 2. The second kappa shape index (κ2) is 7.67. The van der Waals surface area contributed by atoms with Gasteiger partial charge in [0.1, 0.15) is 0 Å². The molecule has 0 aromatic carbocycles. The second-order valence-electron chi connectivity index (χ2n) is 5.86. The molecule has 1 saturated heterocycles. The lowest BCUT2D eigenvalue weighted by molar-refractivity contribution is -0.121. The number of hydrogen-bond acceptors (Lipinski definition) is 7. The Bertz CT molecular complexity index is 692. The SMILES string of the molecule is Cc1cc(C)nc(Nc2nc(CC(=O)NCC3CCCO3)cs2)n1. The minimum atomic E-state index is -0.0370. The Labute approximate surface area is 144 Å². The summed E-state index contributed by atoms with van der Waals surface area (Å²) in [4.78, 5) is 25.0. The zero-order chi connectivity index (χ0) is 16.9. The second-order valence-corrected chi connectivity index (χ2v) is 6.72. The molecule has 0 radical (unpaired) electrons. The van der Waals surface area contributed by atoms with E-state index in [-0.39, 0.29) is 18.4 Å². The van der Waals surface area contributed by atoms with Gasteiger partial charge in [-0.3, -0.25) is 4.79 Å². The van der Waals surface area contributed by atoms with Crippen molar-refractivity contribution in [2.75, 3.05) is 18.5 Å². The normalized spacial score (nSPS) is 17.0. The van der Waals surface area contributed by atoms with Gasteiger partial charge in [0.15, 0.2) is 5.13 Å². The Balaban J connectivity index is 1.52. The van der Waals surface area contributed by atoms with Gasteiger partial charge < -0.3 is 15.4 Å². The van der Waals surface area contributed by atoms with Gasteiger partial charge in [0.25, 0.3) is 0 Å². The summed E-state index contributed by atoms with van der Waals surface area (Å²) in [5.74, 6) is 0.487. The Morgan fingerprint density at radius 3 is 2.83 bits per heavy atom. The van der Waals surface area contributed by atoms with E-state index in [4.69, 9.17) is 4.74 Å². The monoisotopic (exact) mass is 347 g/mol. The van der Waals surface area contributed by atoms with Crippen LogP contribution in [0.4, 0.5) is 11.1 Å². The van der Waals surface area contributed by atoms with Crippen molar-refractivity contribution in [3.63, 3.8) is 0 Å². The highest BCUT2D eigenvalue weighted by atomic mass is 32.1. The molecule has 1 aliphatic heterocycles. The van der Waals surface area contributed by atoms with Crippen LogP contribution in [0.2, 0.25) is 0 Å². The zero-order valence-electron chi connectivity index (χ0n) is 13.8. The highest BCUT2D eigenvalue weighted by Crippen LogP contribution is 2.19. The topological polar surface area (TPSA) is 89.0 Å². The van der Waals surface area contributed by atoms with Crippen LogP contribution >= 0.6 is 11.3 Å². The fourth-order valence-corrected chi connectivity index (χ4v) is 3.29. The standard InChI is InChI=1S/C16H21N5O2S/c1-10-6-11(2)19-15(18-10)21-16-20-12(9-24-16)7-14(22)17-8-13-4-3-5-23-13/h6,9,13H,3-5,7-8H2,1-2H3,(H,17,22)(H,18,19,20,21). The molecule has 1 unspecified atom stereocenters. The van der Waals surface area contributed by atoms with Gasteiger partial charge in [-0.2, -0.15) is 0 Å². The van der Waals surface area contributed by atoms with Crippen LogP contribution in [0.1, 0.15) is 29.9 Å². The Kier molecular flexibility index (Phi) is 5.37. The van der Waals surface area contributed by atoms with Crippen LogP contribution < -0.4 is 10.6 Å². The minimum Gasteiger partial charge on any atom is -0.376 e. The molecular weight excluding hydrogens is 326 g/mol. The number of rotatable bonds is 6. The van der Waals surface area contributed by atoms with Gasteiger partial charge in [-0.25, -0.2) is 15.0 Å². The number of nitrogens with zero attached hydrogens (tertiary/aromatic N) is 3. The van der Waals surface area contributed by atoms with Crippen LogP contribution in [-0.2, 0) is 16.0 Å². The zero-order valence-corrected chi connectivity index (χ0v) is 14.7. The summed E-state index contributed by atoms with van der Waals surface area (Å²) >= 11 is 1.43. The number of carbonyl (C=O) groups excluding carboxylic acids is 1. The average Bonchev–Trinajstić information content (AvgIpc) is 3.16. The lowest BCUT2D eigenvalue weighted by atomic mass is 10.2. The molecule has 2 aromatic heterocycles. The van der Waals surface area contributed by atoms with Crippen LogP contribution in [0.25, 0.3) is 0 Å². The van der Waals surface area contributed by atoms with Crippen LogP contribution in [0, 0.1) is 13.8 Å². The van der Waals surface area contributed by atoms with Crippen molar-refractivity contribution >= 4 is 28.3 Å². The number of nitrogens with one attached hydrogen (secondary N) is 2. The number of thiazole rings is 1. The summed E-state index contributed by atoms with van der Waals surface area (Å²) in [6, 6.07) is 1.91. The number of aromatic nitrogens is 3. The maximum absolute atomic E-state index is 12.0. The van der Waals surface area contributed by atoms with E-state index in [1.54, 1.807) is 0 Å². The third kappa shape index (κ3) is 4.72. The minimum absolute atomic E-state index is 0.0370. The summed E-state index contributed by atoms with van der Waals surface area (Å²) in [5.41, 5.74) is 2.53. The van der Waals surface area contributed by atoms with Crippen molar-refractivity contribution in [2.45, 2.75) is 39.2 Å². The quantitative estimate of drug-likeness (QED) is 0.832. The van der Waals surface area contributed by atoms with Crippen molar-refractivity contribution in [3.8, 4) is 0 Å². The third-order valence-electron chi connectivity index (χ3n) is 3.65. The first kappa shape index (κ1) is 16.8. The summed E-state index contributed by atoms with van der Waals surface area (Å²) < 4.78 is 5.49. The number of hydrogen-bond donors (Lipinski definition) is 2. The predicted octanol–water partition coefficient (Wildman–Crippen LogP) is 2.13. The maximum atomic E-state index is 12.0. The molecule has 3 rings (SSSR count). The molecule has 8 heteroatoms. The van der Waals surface area contributed by atoms with E-state index in [2.05, 4.69) is 25.6 Å². The Hall–Kier alpha value is -2.06. The van der Waals surface area contributed by atoms with Crippen molar-refractivity contribution in [2.24, 2.45) is 0 Å². The van der Waals surface area contributed by atoms with Gasteiger partial charge >= 0.3 is 0 Å². The summed E-state index contributed by atoms with van der Waals surface area (Å²) in [5, 5.41) is 8.55. The van der Waals surface area contributed by atoms with E-state index in [9.17, 15) is 4.79 Å². The average molecular weight is 347 g/mol. The van der Waals surface area contributed by atoms with E-state index >= 15 is 0 Å². The molecule has 2 N–H and O–H groups in total. The van der Waals surface area contributed by atoms with Crippen molar-refractivity contribution in [1.82, 2.24) is 20.3 Å². The van der Waals surface area contributed by atoms with E-state index in [1.165, 1.54) is 11.3 Å². The predicted molar refractivity (Wildman–Crippen MR) is 92.6 cm³/mol.